The first kappa shape index (κ1) is 12.9. The SMILES string of the molecule is C=CCOP(=O)(OC(C)C)C(C)C. The van der Waals surface area contributed by atoms with Gasteiger partial charge in [0.15, 0.2) is 0 Å². The Morgan fingerprint density at radius 2 is 1.92 bits per heavy atom. The molecule has 0 saturated heterocycles. The van der Waals surface area contributed by atoms with E-state index in [1.54, 1.807) is 6.08 Å². The summed E-state index contributed by atoms with van der Waals surface area (Å²) in [7, 11) is -2.94. The molecule has 0 aromatic heterocycles. The molecule has 0 fully saturated rings. The minimum atomic E-state index is -2.94. The molecule has 0 N–H and O–H groups in total. The van der Waals surface area contributed by atoms with Gasteiger partial charge in [-0.2, -0.15) is 0 Å². The molecule has 0 aliphatic rings. The summed E-state index contributed by atoms with van der Waals surface area (Å²) >= 11 is 0. The zero-order chi connectivity index (χ0) is 10.5. The lowest BCUT2D eigenvalue weighted by Gasteiger charge is -2.23. The van der Waals surface area contributed by atoms with Crippen molar-refractivity contribution in [1.82, 2.24) is 0 Å². The third-order valence-electron chi connectivity index (χ3n) is 1.36. The fourth-order valence-electron chi connectivity index (χ4n) is 0.752. The smallest absolute Gasteiger partial charge is 0.306 e. The topological polar surface area (TPSA) is 35.5 Å². The van der Waals surface area contributed by atoms with Crippen molar-refractivity contribution in [3.8, 4) is 0 Å². The zero-order valence-corrected chi connectivity index (χ0v) is 9.71. The summed E-state index contributed by atoms with van der Waals surface area (Å²) in [6.07, 6.45) is 1.48. The van der Waals surface area contributed by atoms with Gasteiger partial charge in [-0.3, -0.25) is 4.57 Å². The molecule has 0 aliphatic heterocycles. The first-order chi connectivity index (χ1) is 5.92. The molecule has 0 spiro atoms. The quantitative estimate of drug-likeness (QED) is 0.494. The van der Waals surface area contributed by atoms with Crippen molar-refractivity contribution < 1.29 is 13.6 Å². The first-order valence-electron chi connectivity index (χ1n) is 4.46. The minimum absolute atomic E-state index is 0.0851. The summed E-state index contributed by atoms with van der Waals surface area (Å²) in [4.78, 5) is 0. The molecule has 1 unspecified atom stereocenters. The van der Waals surface area contributed by atoms with Gasteiger partial charge in [0.2, 0.25) is 0 Å². The van der Waals surface area contributed by atoms with E-state index in [4.69, 9.17) is 9.05 Å². The van der Waals surface area contributed by atoms with Crippen LogP contribution < -0.4 is 0 Å². The fraction of sp³-hybridized carbons (Fsp3) is 0.778. The van der Waals surface area contributed by atoms with E-state index in [0.29, 0.717) is 0 Å². The third kappa shape index (κ3) is 4.61. The highest BCUT2D eigenvalue weighted by Gasteiger charge is 2.29. The Morgan fingerprint density at radius 3 is 2.23 bits per heavy atom. The standard InChI is InChI=1S/C9H19O3P/c1-6-7-11-13(10,9(4)5)12-8(2)3/h6,8-9H,1,7H2,2-5H3. The second-order valence-corrected chi connectivity index (χ2v) is 5.95. The first-order valence-corrected chi connectivity index (χ1v) is 6.07. The zero-order valence-electron chi connectivity index (χ0n) is 8.82. The third-order valence-corrected chi connectivity index (χ3v) is 3.85. The van der Waals surface area contributed by atoms with Crippen molar-refractivity contribution in [1.29, 1.82) is 0 Å². The second-order valence-electron chi connectivity index (χ2n) is 3.37. The molecule has 13 heavy (non-hydrogen) atoms. The Hall–Kier alpha value is -0.110. The van der Waals surface area contributed by atoms with E-state index in [1.807, 2.05) is 27.7 Å². The summed E-state index contributed by atoms with van der Waals surface area (Å²) in [5, 5.41) is 0. The molecule has 0 bridgehead atoms. The maximum Gasteiger partial charge on any atom is 0.333 e. The number of hydrogen-bond acceptors (Lipinski definition) is 3. The predicted octanol–water partition coefficient (Wildman–Crippen LogP) is 3.22. The van der Waals surface area contributed by atoms with Crippen LogP contribution in [0.3, 0.4) is 0 Å². The molecule has 0 saturated carbocycles. The van der Waals surface area contributed by atoms with Gasteiger partial charge in [0.25, 0.3) is 0 Å². The molecule has 78 valence electrons. The average molecular weight is 206 g/mol. The second kappa shape index (κ2) is 5.58. The van der Waals surface area contributed by atoms with Gasteiger partial charge in [0.05, 0.1) is 18.4 Å². The van der Waals surface area contributed by atoms with Crippen LogP contribution in [-0.4, -0.2) is 18.4 Å². The maximum atomic E-state index is 12.0. The lowest BCUT2D eigenvalue weighted by molar-refractivity contribution is 0.173. The van der Waals surface area contributed by atoms with Gasteiger partial charge in [0, 0.05) is 0 Å². The molecule has 0 aromatic rings. The Kier molecular flexibility index (Phi) is 5.54. The lowest BCUT2D eigenvalue weighted by Crippen LogP contribution is -2.10. The molecule has 1 atom stereocenters. The summed E-state index contributed by atoms with van der Waals surface area (Å²) in [5.74, 6) is 0. The molecule has 0 heterocycles. The van der Waals surface area contributed by atoms with E-state index in [1.165, 1.54) is 0 Å². The summed E-state index contributed by atoms with van der Waals surface area (Å²) in [5.41, 5.74) is -0.116. The van der Waals surface area contributed by atoms with E-state index in [2.05, 4.69) is 6.58 Å². The lowest BCUT2D eigenvalue weighted by atomic mass is 10.5. The predicted molar refractivity (Wildman–Crippen MR) is 55.1 cm³/mol. The van der Waals surface area contributed by atoms with Crippen molar-refractivity contribution in [3.63, 3.8) is 0 Å². The highest BCUT2D eigenvalue weighted by Crippen LogP contribution is 2.53. The molecular weight excluding hydrogens is 187 g/mol. The molecule has 0 aromatic carbocycles. The van der Waals surface area contributed by atoms with Crippen LogP contribution in [0, 0.1) is 0 Å². The summed E-state index contributed by atoms with van der Waals surface area (Å²) in [6.45, 7) is 11.1. The van der Waals surface area contributed by atoms with Crippen molar-refractivity contribution in [2.24, 2.45) is 0 Å². The monoisotopic (exact) mass is 206 g/mol. The van der Waals surface area contributed by atoms with E-state index in [0.717, 1.165) is 0 Å². The van der Waals surface area contributed by atoms with E-state index in [-0.39, 0.29) is 18.4 Å². The summed E-state index contributed by atoms with van der Waals surface area (Å²) in [6, 6.07) is 0. The van der Waals surface area contributed by atoms with Crippen molar-refractivity contribution in [2.75, 3.05) is 6.61 Å². The Bertz CT molecular complexity index is 199. The summed E-state index contributed by atoms with van der Waals surface area (Å²) < 4.78 is 22.4. The Morgan fingerprint density at radius 1 is 1.38 bits per heavy atom. The van der Waals surface area contributed by atoms with Crippen LogP contribution in [0.2, 0.25) is 0 Å². The van der Waals surface area contributed by atoms with Gasteiger partial charge in [-0.15, -0.1) is 6.58 Å². The van der Waals surface area contributed by atoms with E-state index < -0.39 is 7.60 Å². The van der Waals surface area contributed by atoms with Crippen LogP contribution in [0.25, 0.3) is 0 Å². The molecule has 4 heteroatoms. The molecule has 3 nitrogen and oxygen atoms in total. The molecular formula is C9H19O3P. The van der Waals surface area contributed by atoms with Crippen LogP contribution >= 0.6 is 7.60 Å². The van der Waals surface area contributed by atoms with Gasteiger partial charge in [0.1, 0.15) is 0 Å². The van der Waals surface area contributed by atoms with Crippen LogP contribution in [0.4, 0.5) is 0 Å². The molecule has 0 rings (SSSR count). The fourth-order valence-corrected chi connectivity index (χ4v) is 2.25. The maximum absolute atomic E-state index is 12.0. The minimum Gasteiger partial charge on any atom is -0.306 e. The van der Waals surface area contributed by atoms with Gasteiger partial charge in [-0.05, 0) is 13.8 Å². The normalized spacial score (nSPS) is 16.2. The molecule has 0 aliphatic carbocycles. The van der Waals surface area contributed by atoms with Crippen molar-refractivity contribution >= 4 is 7.60 Å². The largest absolute Gasteiger partial charge is 0.333 e. The molecule has 0 radical (unpaired) electrons. The molecule has 0 amide bonds. The van der Waals surface area contributed by atoms with Gasteiger partial charge in [-0.1, -0.05) is 19.9 Å². The van der Waals surface area contributed by atoms with Crippen LogP contribution in [0.15, 0.2) is 12.7 Å². The number of hydrogen-bond donors (Lipinski definition) is 0. The van der Waals surface area contributed by atoms with E-state index in [9.17, 15) is 4.57 Å². The van der Waals surface area contributed by atoms with Gasteiger partial charge < -0.3 is 9.05 Å². The number of rotatable bonds is 6. The average Bonchev–Trinajstić information content (AvgIpc) is 1.99. The van der Waals surface area contributed by atoms with Crippen molar-refractivity contribution in [2.45, 2.75) is 39.5 Å². The Balaban J connectivity index is 4.34. The highest BCUT2D eigenvalue weighted by molar-refractivity contribution is 7.54. The highest BCUT2D eigenvalue weighted by atomic mass is 31.2. The van der Waals surface area contributed by atoms with E-state index >= 15 is 0 Å². The van der Waals surface area contributed by atoms with Crippen LogP contribution in [0.5, 0.6) is 0 Å². The van der Waals surface area contributed by atoms with Crippen LogP contribution in [-0.2, 0) is 13.6 Å². The van der Waals surface area contributed by atoms with Crippen LogP contribution in [0.1, 0.15) is 27.7 Å². The van der Waals surface area contributed by atoms with Gasteiger partial charge >= 0.3 is 7.60 Å². The van der Waals surface area contributed by atoms with Crippen molar-refractivity contribution in [3.05, 3.63) is 12.7 Å². The Labute approximate surface area is 80.7 Å². The van der Waals surface area contributed by atoms with Gasteiger partial charge in [-0.25, -0.2) is 0 Å².